The first kappa shape index (κ1) is 25.1. The molecule has 0 aliphatic heterocycles. The Labute approximate surface area is 209 Å². The summed E-state index contributed by atoms with van der Waals surface area (Å²) in [7, 11) is 1.56. The molecule has 0 fully saturated rings. The van der Waals surface area contributed by atoms with Crippen molar-refractivity contribution in [3.63, 3.8) is 0 Å². The molecule has 0 aliphatic carbocycles. The Morgan fingerprint density at radius 2 is 1.45 bits per heavy atom. The lowest BCUT2D eigenvalue weighted by atomic mass is 10.0. The number of carbonyl (C=O) groups excluding carboxylic acids is 2. The third kappa shape index (κ3) is 6.73. The summed E-state index contributed by atoms with van der Waals surface area (Å²) in [5, 5.41) is 4.20. The topological polar surface area (TPSA) is 49.4 Å². The maximum Gasteiger partial charge on any atom is 0.242 e. The Bertz CT molecular complexity index is 1090. The summed E-state index contributed by atoms with van der Waals surface area (Å²) < 4.78 is 0. The van der Waals surface area contributed by atoms with E-state index >= 15 is 0 Å². The Hall–Kier alpha value is -2.53. The van der Waals surface area contributed by atoms with Crippen LogP contribution in [0.5, 0.6) is 0 Å². The number of likely N-dealkylation sites (N-methyl/N-ethyl adjacent to an activating group) is 1. The number of benzene rings is 3. The zero-order valence-electron chi connectivity index (χ0n) is 18.2. The molecule has 0 saturated heterocycles. The van der Waals surface area contributed by atoms with E-state index in [1.54, 1.807) is 36.2 Å². The highest BCUT2D eigenvalue weighted by Gasteiger charge is 2.30. The molecule has 0 aliphatic rings. The van der Waals surface area contributed by atoms with Crippen molar-refractivity contribution >= 4 is 46.6 Å². The average molecular weight is 504 g/mol. The molecule has 0 saturated carbocycles. The van der Waals surface area contributed by atoms with Gasteiger partial charge in [-0.2, -0.15) is 0 Å². The van der Waals surface area contributed by atoms with E-state index < -0.39 is 6.04 Å². The van der Waals surface area contributed by atoms with Crippen molar-refractivity contribution in [1.82, 2.24) is 10.2 Å². The smallest absolute Gasteiger partial charge is 0.242 e. The van der Waals surface area contributed by atoms with Crippen LogP contribution in [0.2, 0.25) is 15.1 Å². The number of hydrogen-bond acceptors (Lipinski definition) is 2. The van der Waals surface area contributed by atoms with Crippen LogP contribution in [0.4, 0.5) is 0 Å². The van der Waals surface area contributed by atoms with Crippen LogP contribution in [0.1, 0.15) is 23.1 Å². The van der Waals surface area contributed by atoms with Crippen LogP contribution in [0.25, 0.3) is 0 Å². The third-order valence-corrected chi connectivity index (χ3v) is 6.55. The highest BCUT2D eigenvalue weighted by Crippen LogP contribution is 2.28. The molecule has 7 heteroatoms. The number of amides is 2. The largest absolute Gasteiger partial charge is 0.357 e. The molecule has 0 unspecified atom stereocenters. The number of halogens is 3. The molecular weight excluding hydrogens is 479 g/mol. The fourth-order valence-corrected chi connectivity index (χ4v) is 4.41. The van der Waals surface area contributed by atoms with Crippen LogP contribution >= 0.6 is 34.8 Å². The molecule has 3 rings (SSSR count). The van der Waals surface area contributed by atoms with Crippen molar-refractivity contribution in [2.45, 2.75) is 31.8 Å². The average Bonchev–Trinajstić information content (AvgIpc) is 2.82. The SMILES string of the molecule is CNC(=O)[C@H](Cc1ccccc1)N(Cc1c(Cl)cccc1Cl)C(=O)CCc1ccccc1Cl. The maximum atomic E-state index is 13.5. The van der Waals surface area contributed by atoms with Gasteiger partial charge >= 0.3 is 0 Å². The molecule has 4 nitrogen and oxygen atoms in total. The maximum absolute atomic E-state index is 13.5. The molecule has 172 valence electrons. The summed E-state index contributed by atoms with van der Waals surface area (Å²) in [6.07, 6.45) is 1.01. The Morgan fingerprint density at radius 3 is 2.09 bits per heavy atom. The van der Waals surface area contributed by atoms with E-state index in [2.05, 4.69) is 5.32 Å². The van der Waals surface area contributed by atoms with Gasteiger partial charge in [0.15, 0.2) is 0 Å². The van der Waals surface area contributed by atoms with Crippen LogP contribution in [0.3, 0.4) is 0 Å². The van der Waals surface area contributed by atoms with E-state index in [1.165, 1.54) is 0 Å². The second kappa shape index (κ2) is 12.1. The van der Waals surface area contributed by atoms with Crippen molar-refractivity contribution in [3.8, 4) is 0 Å². The molecule has 2 amide bonds. The van der Waals surface area contributed by atoms with E-state index in [0.717, 1.165) is 11.1 Å². The van der Waals surface area contributed by atoms with E-state index in [9.17, 15) is 9.59 Å². The molecule has 33 heavy (non-hydrogen) atoms. The predicted molar refractivity (Wildman–Crippen MR) is 135 cm³/mol. The molecule has 0 heterocycles. The second-order valence-corrected chi connectivity index (χ2v) is 8.85. The van der Waals surface area contributed by atoms with Gasteiger partial charge in [-0.25, -0.2) is 0 Å². The zero-order valence-corrected chi connectivity index (χ0v) is 20.5. The number of nitrogens with zero attached hydrogens (tertiary/aromatic N) is 1. The molecule has 0 aromatic heterocycles. The second-order valence-electron chi connectivity index (χ2n) is 7.63. The van der Waals surface area contributed by atoms with Gasteiger partial charge in [-0.1, -0.05) is 89.4 Å². The zero-order chi connectivity index (χ0) is 23.8. The lowest BCUT2D eigenvalue weighted by Gasteiger charge is -2.32. The summed E-state index contributed by atoms with van der Waals surface area (Å²) in [6, 6.07) is 21.5. The highest BCUT2D eigenvalue weighted by atomic mass is 35.5. The minimum Gasteiger partial charge on any atom is -0.357 e. The van der Waals surface area contributed by atoms with Crippen LogP contribution in [0.15, 0.2) is 72.8 Å². The molecule has 3 aromatic carbocycles. The van der Waals surface area contributed by atoms with Gasteiger partial charge in [-0.3, -0.25) is 9.59 Å². The fourth-order valence-electron chi connectivity index (χ4n) is 3.66. The molecule has 3 aromatic rings. The van der Waals surface area contributed by atoms with Crippen molar-refractivity contribution in [1.29, 1.82) is 0 Å². The quantitative estimate of drug-likeness (QED) is 0.391. The van der Waals surface area contributed by atoms with Gasteiger partial charge in [0.2, 0.25) is 11.8 Å². The lowest BCUT2D eigenvalue weighted by molar-refractivity contribution is -0.141. The van der Waals surface area contributed by atoms with E-state index in [1.807, 2.05) is 48.5 Å². The van der Waals surface area contributed by atoms with E-state index in [-0.39, 0.29) is 24.8 Å². The highest BCUT2D eigenvalue weighted by molar-refractivity contribution is 6.36. The molecule has 1 N–H and O–H groups in total. The van der Waals surface area contributed by atoms with Crippen LogP contribution in [0, 0.1) is 0 Å². The Balaban J connectivity index is 1.93. The minimum absolute atomic E-state index is 0.116. The first-order valence-electron chi connectivity index (χ1n) is 10.6. The van der Waals surface area contributed by atoms with Crippen LogP contribution < -0.4 is 5.32 Å². The van der Waals surface area contributed by atoms with Gasteiger partial charge in [-0.15, -0.1) is 0 Å². The van der Waals surface area contributed by atoms with Crippen molar-refractivity contribution in [2.24, 2.45) is 0 Å². The number of rotatable bonds is 9. The summed E-state index contributed by atoms with van der Waals surface area (Å²) in [6.45, 7) is 0.116. The first-order valence-corrected chi connectivity index (χ1v) is 11.8. The van der Waals surface area contributed by atoms with Gasteiger partial charge in [0.25, 0.3) is 0 Å². The van der Waals surface area contributed by atoms with Gasteiger partial charge in [-0.05, 0) is 35.7 Å². The summed E-state index contributed by atoms with van der Waals surface area (Å²) in [5.74, 6) is -0.441. The summed E-state index contributed by atoms with van der Waals surface area (Å²) in [4.78, 5) is 28.0. The standard InChI is InChI=1S/C26H25Cl3N2O2/c1-30-26(33)24(16-18-8-3-2-4-9-18)31(17-20-22(28)12-7-13-23(20)29)25(32)15-14-19-10-5-6-11-21(19)27/h2-13,24H,14-17H2,1H3,(H,30,33)/t24-/m0/s1. The van der Waals surface area contributed by atoms with Gasteiger partial charge < -0.3 is 10.2 Å². The molecular formula is C26H25Cl3N2O2. The molecule has 1 atom stereocenters. The van der Waals surface area contributed by atoms with E-state index in [0.29, 0.717) is 33.5 Å². The Morgan fingerprint density at radius 1 is 0.848 bits per heavy atom. The molecule has 0 bridgehead atoms. The lowest BCUT2D eigenvalue weighted by Crippen LogP contribution is -2.49. The number of aryl methyl sites for hydroxylation is 1. The summed E-state index contributed by atoms with van der Waals surface area (Å²) >= 11 is 19.1. The predicted octanol–water partition coefficient (Wildman–Crippen LogP) is 5.97. The molecule has 0 spiro atoms. The van der Waals surface area contributed by atoms with Gasteiger partial charge in [0.05, 0.1) is 0 Å². The van der Waals surface area contributed by atoms with E-state index in [4.69, 9.17) is 34.8 Å². The fraction of sp³-hybridized carbons (Fsp3) is 0.231. The van der Waals surface area contributed by atoms with Crippen LogP contribution in [-0.2, 0) is 29.0 Å². The number of nitrogens with one attached hydrogen (secondary N) is 1. The monoisotopic (exact) mass is 502 g/mol. The number of carbonyl (C=O) groups is 2. The van der Waals surface area contributed by atoms with Gasteiger partial charge in [0.1, 0.15) is 6.04 Å². The first-order chi connectivity index (χ1) is 15.9. The normalized spacial score (nSPS) is 11.6. The van der Waals surface area contributed by atoms with Gasteiger partial charge in [0, 0.05) is 47.1 Å². The van der Waals surface area contributed by atoms with Crippen molar-refractivity contribution in [2.75, 3.05) is 7.05 Å². The number of hydrogen-bond donors (Lipinski definition) is 1. The van der Waals surface area contributed by atoms with Crippen molar-refractivity contribution in [3.05, 3.63) is 105 Å². The summed E-state index contributed by atoms with van der Waals surface area (Å²) in [5.41, 5.74) is 2.43. The third-order valence-electron chi connectivity index (χ3n) is 5.47. The van der Waals surface area contributed by atoms with Crippen molar-refractivity contribution < 1.29 is 9.59 Å². The Kier molecular flexibility index (Phi) is 9.19. The minimum atomic E-state index is -0.733. The molecule has 0 radical (unpaired) electrons. The van der Waals surface area contributed by atoms with Crippen LogP contribution in [-0.4, -0.2) is 29.8 Å².